The molecule has 6 atom stereocenters. The van der Waals surface area contributed by atoms with Crippen molar-refractivity contribution in [2.75, 3.05) is 0 Å². The molecule has 0 bridgehead atoms. The van der Waals surface area contributed by atoms with Gasteiger partial charge in [-0.2, -0.15) is 0 Å². The molecule has 1 N–H and O–H groups in total. The van der Waals surface area contributed by atoms with Crippen molar-refractivity contribution in [3.8, 4) is 0 Å². The van der Waals surface area contributed by atoms with E-state index in [-0.39, 0.29) is 47.7 Å². The van der Waals surface area contributed by atoms with E-state index in [2.05, 4.69) is 6.92 Å². The summed E-state index contributed by atoms with van der Waals surface area (Å²) in [5, 5.41) is 10.5. The number of hydrogen-bond acceptors (Lipinski definition) is 2. The molecule has 21 heavy (non-hydrogen) atoms. The minimum atomic E-state index is -2.11. The molecule has 0 radical (unpaired) electrons. The Morgan fingerprint density at radius 3 is 2.81 bits per heavy atom. The van der Waals surface area contributed by atoms with Gasteiger partial charge in [0.2, 0.25) is 0 Å². The second kappa shape index (κ2) is 4.44. The van der Waals surface area contributed by atoms with Crippen LogP contribution in [0.5, 0.6) is 0 Å². The third-order valence-corrected chi connectivity index (χ3v) is 7.15. The van der Waals surface area contributed by atoms with Gasteiger partial charge >= 0.3 is 0 Å². The van der Waals surface area contributed by atoms with Crippen LogP contribution in [0.4, 0.5) is 0 Å². The maximum atomic E-state index is 12.3. The summed E-state index contributed by atoms with van der Waals surface area (Å²) in [5.41, 5.74) is -0.772. The summed E-state index contributed by atoms with van der Waals surface area (Å²) < 4.78 is 41.9. The normalized spacial score (nSPS) is 61.5. The fourth-order valence-electron chi connectivity index (χ4n) is 5.77. The molecule has 3 saturated carbocycles. The average molecular weight is 293 g/mol. The van der Waals surface area contributed by atoms with E-state index >= 15 is 0 Å². The zero-order valence-corrected chi connectivity index (χ0v) is 12.9. The molecule has 2 nitrogen and oxygen atoms in total. The van der Waals surface area contributed by atoms with Crippen LogP contribution in [0.1, 0.15) is 72.0 Å². The van der Waals surface area contributed by atoms with E-state index in [9.17, 15) is 9.90 Å². The van der Waals surface area contributed by atoms with Crippen LogP contribution in [0.15, 0.2) is 11.6 Å². The Morgan fingerprint density at radius 1 is 1.19 bits per heavy atom. The van der Waals surface area contributed by atoms with Crippen LogP contribution in [0, 0.1) is 28.6 Å². The molecular weight excluding hydrogens is 260 g/mol. The lowest BCUT2D eigenvalue weighted by molar-refractivity contribution is -0.118. The van der Waals surface area contributed by atoms with Gasteiger partial charge in [0.1, 0.15) is 0 Å². The zero-order valence-electron chi connectivity index (χ0n) is 17.9. The summed E-state index contributed by atoms with van der Waals surface area (Å²) >= 11 is 0. The van der Waals surface area contributed by atoms with Crippen LogP contribution < -0.4 is 0 Å². The minimum absolute atomic E-state index is 0.0385. The standard InChI is InChI=1S/C19H28O2/c1-18-9-7-13(20)11-12(18)3-4-14-15-5-6-17(21)19(15,2)10-8-16(14)18/h11,14-17,21H,3-10H2,1-2H3/t14-,15-,16-,17+,18-,19-/m0/s1/i3D2,7D2,11D. The van der Waals surface area contributed by atoms with Crippen molar-refractivity contribution in [2.24, 2.45) is 28.6 Å². The van der Waals surface area contributed by atoms with E-state index in [1.165, 1.54) is 0 Å². The molecule has 4 aliphatic rings. The van der Waals surface area contributed by atoms with Gasteiger partial charge in [-0.05, 0) is 79.5 Å². The fourth-order valence-corrected chi connectivity index (χ4v) is 5.77. The lowest BCUT2D eigenvalue weighted by Gasteiger charge is -2.57. The van der Waals surface area contributed by atoms with E-state index < -0.39 is 30.0 Å². The molecular formula is C19H28O2. The predicted molar refractivity (Wildman–Crippen MR) is 82.7 cm³/mol. The Balaban J connectivity index is 1.85. The van der Waals surface area contributed by atoms with Crippen molar-refractivity contribution in [1.82, 2.24) is 0 Å². The van der Waals surface area contributed by atoms with Gasteiger partial charge < -0.3 is 5.11 Å². The minimum Gasteiger partial charge on any atom is -0.393 e. The summed E-state index contributed by atoms with van der Waals surface area (Å²) in [4.78, 5) is 12.3. The molecule has 0 aromatic heterocycles. The molecule has 4 rings (SSSR count). The van der Waals surface area contributed by atoms with Gasteiger partial charge in [-0.25, -0.2) is 0 Å². The van der Waals surface area contributed by atoms with Crippen molar-refractivity contribution < 1.29 is 16.8 Å². The topological polar surface area (TPSA) is 37.3 Å². The van der Waals surface area contributed by atoms with E-state index in [1.54, 1.807) is 0 Å². The Kier molecular flexibility index (Phi) is 2.01. The number of fused-ring (bicyclic) bond motifs is 5. The SMILES string of the molecule is [2H]C1=C2C([2H])([2H])C[C@H]3[C@@H]4CC[C@@H](O)[C@@]4(C)CC[C@@H]3[C@@]2(C)CC([2H])([2H])C1=O. The van der Waals surface area contributed by atoms with Crippen LogP contribution in [0.3, 0.4) is 0 Å². The van der Waals surface area contributed by atoms with Gasteiger partial charge in [0.05, 0.1) is 7.47 Å². The van der Waals surface area contributed by atoms with Gasteiger partial charge in [0.25, 0.3) is 0 Å². The lowest BCUT2D eigenvalue weighted by Crippen LogP contribution is -2.51. The molecule has 0 unspecified atom stereocenters. The number of aliphatic hydroxyl groups excluding tert-OH is 1. The highest BCUT2D eigenvalue weighted by Crippen LogP contribution is 2.65. The summed E-state index contributed by atoms with van der Waals surface area (Å²) in [6.45, 7) is 4.00. The molecule has 116 valence electrons. The Labute approximate surface area is 135 Å². The Hall–Kier alpha value is -0.630. The molecule has 0 aliphatic heterocycles. The number of allylic oxidation sites excluding steroid dienone is 1. The predicted octanol–water partition coefficient (Wildman–Crippen LogP) is 3.88. The third kappa shape index (κ3) is 1.78. The number of ketones is 1. The van der Waals surface area contributed by atoms with E-state index in [4.69, 9.17) is 6.85 Å². The molecule has 3 fully saturated rings. The van der Waals surface area contributed by atoms with Crippen LogP contribution >= 0.6 is 0 Å². The van der Waals surface area contributed by atoms with Crippen LogP contribution in [0.2, 0.25) is 0 Å². The van der Waals surface area contributed by atoms with Crippen molar-refractivity contribution in [1.29, 1.82) is 0 Å². The van der Waals surface area contributed by atoms with Crippen molar-refractivity contribution in [2.45, 2.75) is 71.2 Å². The lowest BCUT2D eigenvalue weighted by atomic mass is 9.47. The zero-order chi connectivity index (χ0) is 19.3. The molecule has 0 spiro atoms. The number of carbonyl (C=O) groups is 1. The number of hydrogen-bond donors (Lipinski definition) is 1. The largest absolute Gasteiger partial charge is 0.393 e. The number of aliphatic hydroxyl groups is 1. The van der Waals surface area contributed by atoms with Gasteiger partial charge in [0.15, 0.2) is 5.78 Å². The van der Waals surface area contributed by atoms with Gasteiger partial charge in [-0.15, -0.1) is 0 Å². The first kappa shape index (κ1) is 9.50. The highest BCUT2D eigenvalue weighted by Gasteiger charge is 2.58. The third-order valence-electron chi connectivity index (χ3n) is 7.15. The molecule has 0 amide bonds. The van der Waals surface area contributed by atoms with Gasteiger partial charge in [-0.1, -0.05) is 19.4 Å². The first-order chi connectivity index (χ1) is 11.8. The average Bonchev–Trinajstić information content (AvgIpc) is 2.79. The van der Waals surface area contributed by atoms with Crippen LogP contribution in [0.25, 0.3) is 0 Å². The number of carbonyl (C=O) groups excluding carboxylic acids is 1. The highest BCUT2D eigenvalue weighted by atomic mass is 16.3. The smallest absolute Gasteiger partial charge is 0.155 e. The second-order valence-corrected chi connectivity index (χ2v) is 8.00. The van der Waals surface area contributed by atoms with E-state index in [0.29, 0.717) is 0 Å². The quantitative estimate of drug-likeness (QED) is 0.736. The Morgan fingerprint density at radius 2 is 2.00 bits per heavy atom. The summed E-state index contributed by atoms with van der Waals surface area (Å²) in [5.74, 6) is -0.522. The van der Waals surface area contributed by atoms with Crippen molar-refractivity contribution in [3.05, 3.63) is 11.6 Å². The second-order valence-electron chi connectivity index (χ2n) is 8.00. The maximum absolute atomic E-state index is 12.3. The molecule has 4 aliphatic carbocycles. The first-order valence-electron chi connectivity index (χ1n) is 10.8. The van der Waals surface area contributed by atoms with Crippen molar-refractivity contribution >= 4 is 5.78 Å². The molecule has 0 saturated heterocycles. The summed E-state index contributed by atoms with van der Waals surface area (Å²) in [6.07, 6.45) is -0.737. The Bertz CT molecular complexity index is 702. The van der Waals surface area contributed by atoms with Crippen LogP contribution in [-0.4, -0.2) is 17.0 Å². The highest BCUT2D eigenvalue weighted by molar-refractivity contribution is 5.91. The van der Waals surface area contributed by atoms with Crippen LogP contribution in [-0.2, 0) is 4.79 Å². The summed E-state index contributed by atoms with van der Waals surface area (Å²) in [6, 6.07) is -0.438. The van der Waals surface area contributed by atoms with Crippen molar-refractivity contribution in [3.63, 3.8) is 0 Å². The monoisotopic (exact) mass is 293 g/mol. The molecule has 0 aromatic carbocycles. The van der Waals surface area contributed by atoms with Gasteiger partial charge in [-0.3, -0.25) is 4.79 Å². The van der Waals surface area contributed by atoms with Gasteiger partial charge in [0, 0.05) is 11.9 Å². The molecule has 0 heterocycles. The fraction of sp³-hybridized carbons (Fsp3) is 0.842. The number of rotatable bonds is 0. The first-order valence-corrected chi connectivity index (χ1v) is 8.29. The molecule has 2 heteroatoms. The van der Waals surface area contributed by atoms with E-state index in [1.807, 2.05) is 6.92 Å². The molecule has 0 aromatic rings. The van der Waals surface area contributed by atoms with E-state index in [0.717, 1.165) is 25.7 Å². The summed E-state index contributed by atoms with van der Waals surface area (Å²) in [7, 11) is 0. The maximum Gasteiger partial charge on any atom is 0.155 e.